The van der Waals surface area contributed by atoms with Crippen LogP contribution >= 0.6 is 11.6 Å². The number of aromatic hydroxyl groups is 1. The largest absolute Gasteiger partial charge is 0.501 e. The number of carbonyl (C=O) groups is 1. The van der Waals surface area contributed by atoms with Gasteiger partial charge in [0.2, 0.25) is 5.75 Å². The van der Waals surface area contributed by atoms with E-state index in [-0.39, 0.29) is 11.4 Å². The lowest BCUT2D eigenvalue weighted by Crippen LogP contribution is -2.03. The fourth-order valence-electron chi connectivity index (χ4n) is 1.83. The first-order valence-corrected chi connectivity index (χ1v) is 6.69. The molecule has 0 heterocycles. The Morgan fingerprint density at radius 3 is 2.16 bits per heavy atom. The highest BCUT2D eigenvalue weighted by atomic mass is 35.5. The number of carboxylic acid groups (broad SMARTS) is 1. The highest BCUT2D eigenvalue weighted by Crippen LogP contribution is 2.42. The van der Waals surface area contributed by atoms with Gasteiger partial charge >= 0.3 is 11.7 Å². The normalized spacial score (nSPS) is 10.8. The number of halogens is 1. The minimum Gasteiger partial charge on any atom is -0.501 e. The van der Waals surface area contributed by atoms with Crippen molar-refractivity contribution in [1.29, 1.82) is 0 Å². The van der Waals surface area contributed by atoms with Crippen molar-refractivity contribution in [2.45, 2.75) is 0 Å². The second-order valence-corrected chi connectivity index (χ2v) is 4.89. The van der Waals surface area contributed by atoms with Crippen LogP contribution in [0.2, 0.25) is 5.02 Å². The zero-order valence-electron chi connectivity index (χ0n) is 12.0. The van der Waals surface area contributed by atoms with E-state index in [9.17, 15) is 35.2 Å². The number of nitro groups is 2. The Kier molecular flexibility index (Phi) is 4.89. The number of non-ortho nitro benzene ring substituents is 1. The minimum absolute atomic E-state index is 0.133. The van der Waals surface area contributed by atoms with E-state index >= 15 is 0 Å². The maximum atomic E-state index is 11.3. The maximum Gasteiger partial charge on any atom is 0.345 e. The van der Waals surface area contributed by atoms with E-state index in [1.165, 1.54) is 12.1 Å². The van der Waals surface area contributed by atoms with E-state index in [4.69, 9.17) is 11.6 Å². The van der Waals surface area contributed by atoms with Gasteiger partial charge < -0.3 is 10.2 Å². The number of phenols is 1. The van der Waals surface area contributed by atoms with Gasteiger partial charge in [-0.05, 0) is 18.2 Å². The Bertz CT molecular complexity index is 912. The molecule has 0 aliphatic carbocycles. The van der Waals surface area contributed by atoms with Crippen molar-refractivity contribution >= 4 is 40.3 Å². The summed E-state index contributed by atoms with van der Waals surface area (Å²) in [6.45, 7) is 0. The molecule has 0 bridgehead atoms. The maximum absolute atomic E-state index is 11.3. The van der Waals surface area contributed by atoms with Gasteiger partial charge in [0.05, 0.1) is 20.6 Å². The van der Waals surface area contributed by atoms with Crippen LogP contribution in [0.4, 0.5) is 22.7 Å². The lowest BCUT2D eigenvalue weighted by atomic mass is 10.1. The third kappa shape index (κ3) is 3.67. The standard InChI is InChI=1S/C13H7ClN4O7/c14-8-5-9(10(13(20)21)11(12(8)19)18(24)25)16-15-6-1-3-7(4-2-6)17(22)23/h1-5,19H,(H,20,21). The van der Waals surface area contributed by atoms with Crippen LogP contribution in [-0.2, 0) is 0 Å². The van der Waals surface area contributed by atoms with Crippen molar-refractivity contribution in [2.75, 3.05) is 0 Å². The predicted molar refractivity (Wildman–Crippen MR) is 84.0 cm³/mol. The van der Waals surface area contributed by atoms with Gasteiger partial charge in [-0.1, -0.05) is 11.6 Å². The number of rotatable bonds is 5. The zero-order chi connectivity index (χ0) is 18.7. The molecule has 11 nitrogen and oxygen atoms in total. The lowest BCUT2D eigenvalue weighted by Gasteiger charge is -2.05. The van der Waals surface area contributed by atoms with E-state index in [0.717, 1.165) is 18.2 Å². The van der Waals surface area contributed by atoms with Crippen LogP contribution < -0.4 is 0 Å². The number of phenolic OH excluding ortho intramolecular Hbond substituents is 1. The summed E-state index contributed by atoms with van der Waals surface area (Å²) in [7, 11) is 0. The highest BCUT2D eigenvalue weighted by Gasteiger charge is 2.31. The van der Waals surface area contributed by atoms with Crippen LogP contribution in [0.5, 0.6) is 5.75 Å². The Hall–Kier alpha value is -3.60. The van der Waals surface area contributed by atoms with Crippen molar-refractivity contribution in [2.24, 2.45) is 10.2 Å². The van der Waals surface area contributed by atoms with Gasteiger partial charge in [0.15, 0.2) is 5.56 Å². The summed E-state index contributed by atoms with van der Waals surface area (Å²) in [4.78, 5) is 31.2. The molecule has 2 N–H and O–H groups in total. The third-order valence-corrected chi connectivity index (χ3v) is 3.23. The summed E-state index contributed by atoms with van der Waals surface area (Å²) < 4.78 is 0. The first-order valence-electron chi connectivity index (χ1n) is 6.31. The van der Waals surface area contributed by atoms with Gasteiger partial charge in [-0.15, -0.1) is 5.11 Å². The molecule has 0 spiro atoms. The number of hydrogen-bond acceptors (Lipinski definition) is 8. The molecule has 2 aromatic carbocycles. The third-order valence-electron chi connectivity index (χ3n) is 2.94. The van der Waals surface area contributed by atoms with Crippen molar-refractivity contribution in [3.05, 3.63) is 61.1 Å². The van der Waals surface area contributed by atoms with Crippen LogP contribution in [0, 0.1) is 20.2 Å². The molecule has 0 saturated carbocycles. The summed E-state index contributed by atoms with van der Waals surface area (Å²) in [6.07, 6.45) is 0. The van der Waals surface area contributed by atoms with E-state index in [1.54, 1.807) is 0 Å². The Balaban J connectivity index is 2.53. The average molecular weight is 367 g/mol. The molecular formula is C13H7ClN4O7. The van der Waals surface area contributed by atoms with Crippen LogP contribution in [0.1, 0.15) is 10.4 Å². The molecule has 0 saturated heterocycles. The summed E-state index contributed by atoms with van der Waals surface area (Å²) in [5.74, 6) is -2.71. The minimum atomic E-state index is -1.71. The molecule has 0 fully saturated rings. The number of nitro benzene ring substituents is 2. The number of hydrogen-bond donors (Lipinski definition) is 2. The van der Waals surface area contributed by atoms with Gasteiger partial charge in [0.1, 0.15) is 5.69 Å². The molecule has 0 unspecified atom stereocenters. The monoisotopic (exact) mass is 366 g/mol. The summed E-state index contributed by atoms with van der Waals surface area (Å²) in [5, 5.41) is 47.1. The molecule has 128 valence electrons. The van der Waals surface area contributed by atoms with E-state index in [1.807, 2.05) is 0 Å². The fourth-order valence-corrected chi connectivity index (χ4v) is 2.03. The molecule has 2 rings (SSSR count). The molecule has 0 aromatic heterocycles. The number of carboxylic acids is 1. The van der Waals surface area contributed by atoms with Crippen LogP contribution in [-0.4, -0.2) is 26.0 Å². The lowest BCUT2D eigenvalue weighted by molar-refractivity contribution is -0.386. The van der Waals surface area contributed by atoms with Crippen molar-refractivity contribution in [1.82, 2.24) is 0 Å². The molecule has 0 aliphatic rings. The molecule has 2 aromatic rings. The smallest absolute Gasteiger partial charge is 0.345 e. The van der Waals surface area contributed by atoms with Crippen molar-refractivity contribution in [3.63, 3.8) is 0 Å². The van der Waals surface area contributed by atoms with Gasteiger partial charge in [-0.25, -0.2) is 4.79 Å². The number of benzene rings is 2. The van der Waals surface area contributed by atoms with Gasteiger partial charge in [0.25, 0.3) is 5.69 Å². The number of azo groups is 1. The van der Waals surface area contributed by atoms with Crippen molar-refractivity contribution < 1.29 is 24.9 Å². The average Bonchev–Trinajstić information content (AvgIpc) is 2.55. The molecule has 25 heavy (non-hydrogen) atoms. The summed E-state index contributed by atoms with van der Waals surface area (Å²) in [5.41, 5.74) is -2.52. The predicted octanol–water partition coefficient (Wildman–Crippen LogP) is 3.98. The van der Waals surface area contributed by atoms with Gasteiger partial charge in [-0.2, -0.15) is 5.11 Å². The first kappa shape index (κ1) is 17.7. The summed E-state index contributed by atoms with van der Waals surface area (Å²) >= 11 is 5.65. The highest BCUT2D eigenvalue weighted by molar-refractivity contribution is 6.33. The number of nitrogens with zero attached hydrogens (tertiary/aromatic N) is 4. The fraction of sp³-hybridized carbons (Fsp3) is 0. The Morgan fingerprint density at radius 2 is 1.68 bits per heavy atom. The van der Waals surface area contributed by atoms with Gasteiger partial charge in [0, 0.05) is 12.1 Å². The SMILES string of the molecule is O=C(O)c1c(N=Nc2ccc([N+](=O)[O-])cc2)cc(Cl)c(O)c1[N+](=O)[O-]. The van der Waals surface area contributed by atoms with Crippen LogP contribution in [0.15, 0.2) is 40.6 Å². The number of aromatic carboxylic acids is 1. The van der Waals surface area contributed by atoms with E-state index < -0.39 is 43.5 Å². The first-order chi connectivity index (χ1) is 11.7. The molecule has 12 heteroatoms. The molecule has 0 aliphatic heterocycles. The Labute approximate surface area is 143 Å². The second-order valence-electron chi connectivity index (χ2n) is 4.49. The van der Waals surface area contributed by atoms with Gasteiger partial charge in [-0.3, -0.25) is 20.2 Å². The molecule has 0 radical (unpaired) electrons. The molecule has 0 atom stereocenters. The van der Waals surface area contributed by atoms with Crippen LogP contribution in [0.25, 0.3) is 0 Å². The second kappa shape index (κ2) is 6.88. The van der Waals surface area contributed by atoms with E-state index in [0.29, 0.717) is 0 Å². The topological polar surface area (TPSA) is 169 Å². The van der Waals surface area contributed by atoms with Crippen molar-refractivity contribution in [3.8, 4) is 5.75 Å². The zero-order valence-corrected chi connectivity index (χ0v) is 12.7. The van der Waals surface area contributed by atoms with Crippen LogP contribution in [0.3, 0.4) is 0 Å². The quantitative estimate of drug-likeness (QED) is 0.458. The molecular weight excluding hydrogens is 360 g/mol. The summed E-state index contributed by atoms with van der Waals surface area (Å²) in [6, 6.07) is 5.71. The molecule has 0 amide bonds. The van der Waals surface area contributed by atoms with E-state index in [2.05, 4.69) is 10.2 Å². The Morgan fingerprint density at radius 1 is 1.08 bits per heavy atom.